The van der Waals surface area contributed by atoms with Gasteiger partial charge in [-0.3, -0.25) is 0 Å². The molecule has 0 radical (unpaired) electrons. The van der Waals surface area contributed by atoms with Crippen LogP contribution in [0.15, 0.2) is 29.3 Å². The number of benzene rings is 1. The van der Waals surface area contributed by atoms with Crippen molar-refractivity contribution in [2.75, 3.05) is 26.3 Å². The number of nitrogens with one attached hydrogen (secondary N) is 2. The highest BCUT2D eigenvalue weighted by Crippen LogP contribution is 2.07. The molecular weight excluding hydrogens is 281 g/mol. The quantitative estimate of drug-likeness (QED) is 0.419. The number of rotatable bonds is 9. The fourth-order valence-corrected chi connectivity index (χ4v) is 1.83. The summed E-state index contributed by atoms with van der Waals surface area (Å²) >= 11 is 0. The van der Waals surface area contributed by atoms with E-state index in [0.29, 0.717) is 24.0 Å². The molecule has 1 aromatic rings. The second-order valence-corrected chi connectivity index (χ2v) is 5.54. The molecule has 0 aromatic heterocycles. The van der Waals surface area contributed by atoms with Crippen molar-refractivity contribution in [1.29, 1.82) is 0 Å². The molecule has 0 aliphatic heterocycles. The van der Waals surface area contributed by atoms with Crippen molar-refractivity contribution in [1.82, 2.24) is 10.6 Å². The summed E-state index contributed by atoms with van der Waals surface area (Å²) < 4.78 is 19.1. The molecule has 0 saturated carbocycles. The minimum atomic E-state index is -0.218. The number of hydrogen-bond acceptors (Lipinski definition) is 2. The fourth-order valence-electron chi connectivity index (χ4n) is 1.83. The van der Waals surface area contributed by atoms with Crippen LogP contribution < -0.4 is 10.6 Å². The van der Waals surface area contributed by atoms with Gasteiger partial charge in [0.2, 0.25) is 0 Å². The van der Waals surface area contributed by atoms with E-state index in [-0.39, 0.29) is 5.82 Å². The lowest BCUT2D eigenvalue weighted by Gasteiger charge is -2.12. The Labute approximate surface area is 133 Å². The van der Waals surface area contributed by atoms with Gasteiger partial charge in [-0.25, -0.2) is 9.38 Å². The van der Waals surface area contributed by atoms with Crippen LogP contribution in [-0.2, 0) is 11.3 Å². The van der Waals surface area contributed by atoms with Crippen molar-refractivity contribution in [2.45, 2.75) is 33.7 Å². The Kier molecular flexibility index (Phi) is 9.23. The zero-order chi connectivity index (χ0) is 16.2. The third-order valence-corrected chi connectivity index (χ3v) is 2.92. The third-order valence-electron chi connectivity index (χ3n) is 2.92. The lowest BCUT2D eigenvalue weighted by atomic mass is 10.2. The van der Waals surface area contributed by atoms with Crippen LogP contribution in [0.3, 0.4) is 0 Å². The number of hydrogen-bond donors (Lipinski definition) is 2. The normalized spacial score (nSPS) is 11.8. The van der Waals surface area contributed by atoms with Crippen LogP contribution in [0.1, 0.15) is 32.8 Å². The first kappa shape index (κ1) is 18.4. The predicted octanol–water partition coefficient (Wildman–Crippen LogP) is 2.94. The Morgan fingerprint density at radius 1 is 1.27 bits per heavy atom. The molecule has 22 heavy (non-hydrogen) atoms. The maximum atomic E-state index is 13.6. The molecule has 0 amide bonds. The highest BCUT2D eigenvalue weighted by Gasteiger charge is 2.01. The summed E-state index contributed by atoms with van der Waals surface area (Å²) in [5.41, 5.74) is 0.597. The molecule has 0 unspecified atom stereocenters. The van der Waals surface area contributed by atoms with E-state index >= 15 is 0 Å². The second-order valence-electron chi connectivity index (χ2n) is 5.54. The monoisotopic (exact) mass is 309 g/mol. The summed E-state index contributed by atoms with van der Waals surface area (Å²) in [6, 6.07) is 6.71. The lowest BCUT2D eigenvalue weighted by Crippen LogP contribution is -2.38. The molecule has 0 heterocycles. The topological polar surface area (TPSA) is 45.7 Å². The first-order chi connectivity index (χ1) is 10.6. The van der Waals surface area contributed by atoms with Gasteiger partial charge in [0.25, 0.3) is 0 Å². The number of halogens is 1. The van der Waals surface area contributed by atoms with E-state index in [2.05, 4.69) is 29.5 Å². The Hall–Kier alpha value is -1.62. The molecule has 0 atom stereocenters. The van der Waals surface area contributed by atoms with Crippen molar-refractivity contribution in [3.05, 3.63) is 35.6 Å². The van der Waals surface area contributed by atoms with E-state index in [0.717, 1.165) is 32.7 Å². The second kappa shape index (κ2) is 11.0. The SMILES string of the molecule is CCNC(=NCc1ccccc1F)NCCCOCC(C)C. The molecule has 0 aliphatic rings. The van der Waals surface area contributed by atoms with Gasteiger partial charge in [-0.2, -0.15) is 0 Å². The maximum Gasteiger partial charge on any atom is 0.191 e. The Morgan fingerprint density at radius 3 is 2.73 bits per heavy atom. The Balaban J connectivity index is 2.35. The van der Waals surface area contributed by atoms with E-state index in [1.807, 2.05) is 13.0 Å². The third kappa shape index (κ3) is 7.98. The molecule has 5 heteroatoms. The lowest BCUT2D eigenvalue weighted by molar-refractivity contribution is 0.108. The Morgan fingerprint density at radius 2 is 2.05 bits per heavy atom. The summed E-state index contributed by atoms with van der Waals surface area (Å²) in [7, 11) is 0. The van der Waals surface area contributed by atoms with E-state index in [1.165, 1.54) is 6.07 Å². The molecular formula is C17H28FN3O. The van der Waals surface area contributed by atoms with Gasteiger partial charge in [0.05, 0.1) is 6.54 Å². The van der Waals surface area contributed by atoms with Gasteiger partial charge in [-0.1, -0.05) is 32.0 Å². The molecule has 1 aromatic carbocycles. The number of nitrogens with zero attached hydrogens (tertiary/aromatic N) is 1. The van der Waals surface area contributed by atoms with Crippen LogP contribution in [0.2, 0.25) is 0 Å². The molecule has 4 nitrogen and oxygen atoms in total. The molecule has 0 fully saturated rings. The molecule has 2 N–H and O–H groups in total. The van der Waals surface area contributed by atoms with Gasteiger partial charge >= 0.3 is 0 Å². The number of aliphatic imine (C=N–C) groups is 1. The van der Waals surface area contributed by atoms with Crippen molar-refractivity contribution in [2.24, 2.45) is 10.9 Å². The van der Waals surface area contributed by atoms with Crippen LogP contribution in [0.5, 0.6) is 0 Å². The van der Waals surface area contributed by atoms with Crippen molar-refractivity contribution < 1.29 is 9.13 Å². The van der Waals surface area contributed by atoms with Gasteiger partial charge in [0.1, 0.15) is 5.82 Å². The van der Waals surface area contributed by atoms with E-state index in [4.69, 9.17) is 4.74 Å². The van der Waals surface area contributed by atoms with Gasteiger partial charge < -0.3 is 15.4 Å². The zero-order valence-electron chi connectivity index (χ0n) is 13.9. The predicted molar refractivity (Wildman–Crippen MR) is 89.5 cm³/mol. The van der Waals surface area contributed by atoms with Crippen LogP contribution in [0.4, 0.5) is 4.39 Å². The Bertz CT molecular complexity index is 449. The summed E-state index contributed by atoms with van der Waals surface area (Å²) in [5, 5.41) is 6.39. The fraction of sp³-hybridized carbons (Fsp3) is 0.588. The zero-order valence-corrected chi connectivity index (χ0v) is 13.9. The molecule has 0 saturated heterocycles. The van der Waals surface area contributed by atoms with Crippen LogP contribution in [0, 0.1) is 11.7 Å². The summed E-state index contributed by atoms with van der Waals surface area (Å²) in [6.45, 7) is 9.68. The molecule has 0 aliphatic carbocycles. The maximum absolute atomic E-state index is 13.6. The number of guanidine groups is 1. The standard InChI is InChI=1S/C17H28FN3O/c1-4-19-17(20-10-7-11-22-13-14(2)3)21-12-15-8-5-6-9-16(15)18/h5-6,8-9,14H,4,7,10-13H2,1-3H3,(H2,19,20,21). The number of ether oxygens (including phenoxy) is 1. The van der Waals surface area contributed by atoms with E-state index in [1.54, 1.807) is 12.1 Å². The van der Waals surface area contributed by atoms with Gasteiger partial charge in [-0.05, 0) is 25.3 Å². The molecule has 0 spiro atoms. The highest BCUT2D eigenvalue weighted by atomic mass is 19.1. The first-order valence-electron chi connectivity index (χ1n) is 7.96. The van der Waals surface area contributed by atoms with Crippen molar-refractivity contribution in [3.8, 4) is 0 Å². The van der Waals surface area contributed by atoms with Gasteiger partial charge in [0, 0.05) is 31.9 Å². The minimum Gasteiger partial charge on any atom is -0.381 e. The van der Waals surface area contributed by atoms with E-state index < -0.39 is 0 Å². The smallest absolute Gasteiger partial charge is 0.191 e. The van der Waals surface area contributed by atoms with Crippen LogP contribution in [-0.4, -0.2) is 32.3 Å². The minimum absolute atomic E-state index is 0.218. The molecule has 0 bridgehead atoms. The molecule has 1 rings (SSSR count). The van der Waals surface area contributed by atoms with E-state index in [9.17, 15) is 4.39 Å². The van der Waals surface area contributed by atoms with Crippen LogP contribution >= 0.6 is 0 Å². The summed E-state index contributed by atoms with van der Waals surface area (Å²) in [6.07, 6.45) is 0.914. The average Bonchev–Trinajstić information content (AvgIpc) is 2.49. The van der Waals surface area contributed by atoms with Crippen molar-refractivity contribution >= 4 is 5.96 Å². The first-order valence-corrected chi connectivity index (χ1v) is 7.96. The summed E-state index contributed by atoms with van der Waals surface area (Å²) in [5.74, 6) is 1.05. The largest absolute Gasteiger partial charge is 0.381 e. The highest BCUT2D eigenvalue weighted by molar-refractivity contribution is 5.79. The van der Waals surface area contributed by atoms with Gasteiger partial charge in [0.15, 0.2) is 5.96 Å². The average molecular weight is 309 g/mol. The molecule has 124 valence electrons. The summed E-state index contributed by atoms with van der Waals surface area (Å²) in [4.78, 5) is 4.40. The van der Waals surface area contributed by atoms with Crippen molar-refractivity contribution in [3.63, 3.8) is 0 Å². The van der Waals surface area contributed by atoms with Crippen LogP contribution in [0.25, 0.3) is 0 Å². The van der Waals surface area contributed by atoms with Gasteiger partial charge in [-0.15, -0.1) is 0 Å².